The fourth-order valence-corrected chi connectivity index (χ4v) is 3.93. The second-order valence-electron chi connectivity index (χ2n) is 10.2. The van der Waals surface area contributed by atoms with Crippen molar-refractivity contribution in [2.24, 2.45) is 31.2 Å². The zero-order valence-electron chi connectivity index (χ0n) is 24.5. The predicted molar refractivity (Wildman–Crippen MR) is 170 cm³/mol. The summed E-state index contributed by atoms with van der Waals surface area (Å²) in [5, 5.41) is 4.79. The number of para-hydroxylation sites is 1. The van der Waals surface area contributed by atoms with Crippen LogP contribution in [-0.2, 0) is 9.53 Å². The van der Waals surface area contributed by atoms with Crippen LogP contribution in [0.1, 0.15) is 43.0 Å². The standard InChI is InChI=1S/C31H34F2N6O3S/c1-20-7-6-8-21(2)26(20)38-30(43-19-41-28(40)31(3,4)5)39-37-17-22-9-11-23(12-10-22)27(34)36-18-35-24-13-15-25(16-14-24)42-29(32)33/h6-18,29H,19H2,1-5H3,(H,38,39)(H2,34,35,36)/b37-17-. The number of benzene rings is 3. The van der Waals surface area contributed by atoms with Crippen LogP contribution in [0.2, 0.25) is 0 Å². The van der Waals surface area contributed by atoms with Gasteiger partial charge >= 0.3 is 12.6 Å². The van der Waals surface area contributed by atoms with Gasteiger partial charge in [-0.25, -0.2) is 15.0 Å². The van der Waals surface area contributed by atoms with Gasteiger partial charge in [-0.2, -0.15) is 13.9 Å². The molecular formula is C31H34F2N6O3S. The van der Waals surface area contributed by atoms with Crippen LogP contribution in [0.15, 0.2) is 86.8 Å². The van der Waals surface area contributed by atoms with Crippen LogP contribution in [0, 0.1) is 19.3 Å². The molecule has 0 aromatic heterocycles. The van der Waals surface area contributed by atoms with Crippen LogP contribution < -0.4 is 15.9 Å². The molecular weight excluding hydrogens is 574 g/mol. The van der Waals surface area contributed by atoms with Gasteiger partial charge in [0, 0.05) is 5.56 Å². The summed E-state index contributed by atoms with van der Waals surface area (Å²) in [6.45, 7) is 6.46. The Hall–Kier alpha value is -4.58. The number of aliphatic imine (C=N–C) groups is 3. The van der Waals surface area contributed by atoms with Crippen molar-refractivity contribution < 1.29 is 23.0 Å². The molecule has 0 fully saturated rings. The lowest BCUT2D eigenvalue weighted by Crippen LogP contribution is -2.24. The maximum atomic E-state index is 12.3. The minimum absolute atomic E-state index is 0.0426. The number of alkyl halides is 2. The molecule has 43 heavy (non-hydrogen) atoms. The summed E-state index contributed by atoms with van der Waals surface area (Å²) in [7, 11) is 0. The summed E-state index contributed by atoms with van der Waals surface area (Å²) in [6, 6.07) is 19.0. The number of rotatable bonds is 10. The molecule has 3 rings (SSSR count). The number of halogens is 2. The second-order valence-corrected chi connectivity index (χ2v) is 11.1. The number of esters is 1. The fraction of sp³-hybridized carbons (Fsp3) is 0.258. The van der Waals surface area contributed by atoms with Gasteiger partial charge in [-0.15, -0.1) is 0 Å². The van der Waals surface area contributed by atoms with E-state index in [1.54, 1.807) is 39.1 Å². The van der Waals surface area contributed by atoms with Crippen molar-refractivity contribution in [2.45, 2.75) is 41.2 Å². The Morgan fingerprint density at radius 3 is 2.28 bits per heavy atom. The maximum absolute atomic E-state index is 12.3. The molecule has 0 aliphatic carbocycles. The summed E-state index contributed by atoms with van der Waals surface area (Å²) in [5.74, 6) is 0.0611. The van der Waals surface area contributed by atoms with E-state index >= 15 is 0 Å². The molecule has 0 unspecified atom stereocenters. The SMILES string of the molecule is Cc1cccc(C)c1N=C(N/N=C\c1ccc(C(N)=NC=Nc2ccc(OC(F)F)cc2)cc1)SCOC(=O)C(C)(C)C. The highest BCUT2D eigenvalue weighted by atomic mass is 32.2. The molecule has 3 aromatic carbocycles. The van der Waals surface area contributed by atoms with Gasteiger partial charge in [0.15, 0.2) is 5.17 Å². The Kier molecular flexibility index (Phi) is 11.9. The number of ether oxygens (including phenoxy) is 2. The van der Waals surface area contributed by atoms with Gasteiger partial charge < -0.3 is 15.2 Å². The molecule has 226 valence electrons. The van der Waals surface area contributed by atoms with E-state index in [0.29, 0.717) is 16.4 Å². The molecule has 0 amide bonds. The first-order chi connectivity index (χ1) is 20.4. The highest BCUT2D eigenvalue weighted by molar-refractivity contribution is 8.13. The third-order valence-corrected chi connectivity index (χ3v) is 6.39. The largest absolute Gasteiger partial charge is 0.454 e. The van der Waals surface area contributed by atoms with E-state index in [0.717, 1.165) is 22.4 Å². The summed E-state index contributed by atoms with van der Waals surface area (Å²) < 4.78 is 34.2. The molecule has 0 saturated carbocycles. The molecule has 0 spiro atoms. The molecule has 9 nitrogen and oxygen atoms in total. The molecule has 0 aliphatic rings. The number of hydrogen-bond acceptors (Lipinski definition) is 7. The van der Waals surface area contributed by atoms with Crippen molar-refractivity contribution in [1.82, 2.24) is 5.43 Å². The van der Waals surface area contributed by atoms with E-state index in [4.69, 9.17) is 15.5 Å². The smallest absolute Gasteiger partial charge is 0.387 e. The number of carbonyl (C=O) groups is 1. The lowest BCUT2D eigenvalue weighted by Gasteiger charge is -2.16. The zero-order valence-corrected chi connectivity index (χ0v) is 25.4. The van der Waals surface area contributed by atoms with Crippen molar-refractivity contribution in [3.05, 3.63) is 89.0 Å². The Bertz CT molecular complexity index is 1480. The fourth-order valence-electron chi connectivity index (χ4n) is 3.38. The van der Waals surface area contributed by atoms with Crippen LogP contribution in [-0.4, -0.2) is 42.1 Å². The van der Waals surface area contributed by atoms with Crippen molar-refractivity contribution >= 4 is 52.7 Å². The maximum Gasteiger partial charge on any atom is 0.387 e. The Morgan fingerprint density at radius 1 is 1.02 bits per heavy atom. The molecule has 3 N–H and O–H groups in total. The van der Waals surface area contributed by atoms with Gasteiger partial charge in [-0.1, -0.05) is 42.5 Å². The lowest BCUT2D eigenvalue weighted by molar-refractivity contribution is -0.150. The molecule has 0 radical (unpaired) electrons. The van der Waals surface area contributed by atoms with Crippen molar-refractivity contribution in [3.63, 3.8) is 0 Å². The minimum Gasteiger partial charge on any atom is -0.454 e. The predicted octanol–water partition coefficient (Wildman–Crippen LogP) is 6.86. The van der Waals surface area contributed by atoms with Gasteiger partial charge in [-0.3, -0.25) is 10.2 Å². The van der Waals surface area contributed by atoms with Crippen LogP contribution in [0.3, 0.4) is 0 Å². The van der Waals surface area contributed by atoms with E-state index in [9.17, 15) is 13.6 Å². The summed E-state index contributed by atoms with van der Waals surface area (Å²) in [6.07, 6.45) is 2.91. The van der Waals surface area contributed by atoms with Crippen LogP contribution in [0.5, 0.6) is 5.75 Å². The molecule has 0 heterocycles. The van der Waals surface area contributed by atoms with E-state index in [1.807, 2.05) is 44.2 Å². The first kappa shape index (κ1) is 32.9. The summed E-state index contributed by atoms with van der Waals surface area (Å²) in [5.41, 5.74) is 13.2. The van der Waals surface area contributed by atoms with E-state index in [-0.39, 0.29) is 23.5 Å². The number of nitrogens with one attached hydrogen (secondary N) is 1. The summed E-state index contributed by atoms with van der Waals surface area (Å²) >= 11 is 1.23. The van der Waals surface area contributed by atoms with Gasteiger partial charge in [0.25, 0.3) is 0 Å². The first-order valence-electron chi connectivity index (χ1n) is 13.2. The topological polar surface area (TPSA) is 123 Å². The number of nitrogens with zero attached hydrogens (tertiary/aromatic N) is 4. The molecule has 0 atom stereocenters. The highest BCUT2D eigenvalue weighted by Gasteiger charge is 2.23. The van der Waals surface area contributed by atoms with Crippen LogP contribution >= 0.6 is 11.8 Å². The van der Waals surface area contributed by atoms with Gasteiger partial charge in [0.1, 0.15) is 23.9 Å². The Balaban J connectivity index is 1.64. The van der Waals surface area contributed by atoms with E-state index in [1.165, 1.54) is 42.4 Å². The normalized spacial score (nSPS) is 12.7. The third kappa shape index (κ3) is 11.0. The van der Waals surface area contributed by atoms with Gasteiger partial charge in [0.05, 0.1) is 23.0 Å². The van der Waals surface area contributed by atoms with Crippen LogP contribution in [0.25, 0.3) is 0 Å². The first-order valence-corrected chi connectivity index (χ1v) is 14.2. The number of hydrogen-bond donors (Lipinski definition) is 2. The molecule has 3 aromatic rings. The average Bonchev–Trinajstić information content (AvgIpc) is 2.95. The van der Waals surface area contributed by atoms with Crippen LogP contribution in [0.4, 0.5) is 20.2 Å². The third-order valence-electron chi connectivity index (χ3n) is 5.70. The number of hydrazone groups is 1. The number of nitrogens with two attached hydrogens (primary N) is 1. The Labute approximate surface area is 254 Å². The van der Waals surface area contributed by atoms with Crippen molar-refractivity contribution in [2.75, 3.05) is 5.94 Å². The average molecular weight is 609 g/mol. The number of aryl methyl sites for hydroxylation is 2. The van der Waals surface area contributed by atoms with E-state index in [2.05, 4.69) is 25.2 Å². The zero-order chi connectivity index (χ0) is 31.4. The molecule has 0 saturated heterocycles. The minimum atomic E-state index is -2.89. The Morgan fingerprint density at radius 2 is 1.67 bits per heavy atom. The summed E-state index contributed by atoms with van der Waals surface area (Å²) in [4.78, 5) is 25.2. The molecule has 0 aliphatic heterocycles. The quantitative estimate of drug-likeness (QED) is 0.0852. The van der Waals surface area contributed by atoms with Gasteiger partial charge in [-0.05, 0) is 87.3 Å². The van der Waals surface area contributed by atoms with Gasteiger partial charge in [0.2, 0.25) is 0 Å². The van der Waals surface area contributed by atoms with E-state index < -0.39 is 12.0 Å². The number of thioether (sulfide) groups is 1. The highest BCUT2D eigenvalue weighted by Crippen LogP contribution is 2.25. The second kappa shape index (κ2) is 15.6. The molecule has 12 heteroatoms. The lowest BCUT2D eigenvalue weighted by atomic mass is 9.98. The molecule has 0 bridgehead atoms. The van der Waals surface area contributed by atoms with Crippen molar-refractivity contribution in [3.8, 4) is 5.75 Å². The van der Waals surface area contributed by atoms with Crippen molar-refractivity contribution in [1.29, 1.82) is 0 Å². The monoisotopic (exact) mass is 608 g/mol. The number of carbonyl (C=O) groups excluding carboxylic acids is 1. The number of amidine groups is 2.